The lowest BCUT2D eigenvalue weighted by Gasteiger charge is -2.14. The molecule has 1 unspecified atom stereocenters. The minimum absolute atomic E-state index is 0.0171. The van der Waals surface area contributed by atoms with E-state index in [1.54, 1.807) is 27.1 Å². The first-order valence-electron chi connectivity index (χ1n) is 7.71. The number of likely N-dealkylation sites (N-methyl/N-ethyl adjacent to an activating group) is 1. The van der Waals surface area contributed by atoms with Crippen molar-refractivity contribution in [2.45, 2.75) is 19.8 Å². The smallest absolute Gasteiger partial charge is 0.313 e. The fourth-order valence-corrected chi connectivity index (χ4v) is 2.28. The van der Waals surface area contributed by atoms with Gasteiger partial charge in [-0.05, 0) is 36.2 Å². The molecule has 0 fully saturated rings. The number of carbonyl (C=O) groups excluding carboxylic acids is 3. The third-order valence-electron chi connectivity index (χ3n) is 3.96. The van der Waals surface area contributed by atoms with Gasteiger partial charge in [0.25, 0.3) is 5.91 Å². The van der Waals surface area contributed by atoms with Crippen LogP contribution in [0, 0.1) is 0 Å². The van der Waals surface area contributed by atoms with E-state index in [1.807, 2.05) is 30.3 Å². The molecule has 0 saturated carbocycles. The van der Waals surface area contributed by atoms with Crippen LogP contribution in [0.15, 0.2) is 36.4 Å². The molecule has 24 heavy (non-hydrogen) atoms. The van der Waals surface area contributed by atoms with E-state index in [-0.39, 0.29) is 18.3 Å². The number of nitrogens with zero attached hydrogens (tertiary/aromatic N) is 1. The third-order valence-corrected chi connectivity index (χ3v) is 3.96. The third kappa shape index (κ3) is 3.98. The van der Waals surface area contributed by atoms with Crippen LogP contribution >= 0.6 is 0 Å². The number of carbonyl (C=O) groups is 3. The van der Waals surface area contributed by atoms with Crippen LogP contribution in [0.5, 0.6) is 0 Å². The van der Waals surface area contributed by atoms with Crippen LogP contribution < -0.4 is 0 Å². The molecular formula is C19H21NO4. The van der Waals surface area contributed by atoms with E-state index in [9.17, 15) is 14.4 Å². The topological polar surface area (TPSA) is 63.7 Å². The number of rotatable bonds is 5. The second-order valence-corrected chi connectivity index (χ2v) is 6.00. The summed E-state index contributed by atoms with van der Waals surface area (Å²) in [7, 11) is 3.22. The van der Waals surface area contributed by atoms with E-state index in [0.717, 1.165) is 16.3 Å². The quantitative estimate of drug-likeness (QED) is 0.626. The number of esters is 1. The molecule has 0 aromatic heterocycles. The van der Waals surface area contributed by atoms with Gasteiger partial charge < -0.3 is 9.64 Å². The summed E-state index contributed by atoms with van der Waals surface area (Å²) in [6.45, 7) is 3.02. The summed E-state index contributed by atoms with van der Waals surface area (Å²) in [5, 5.41) is 1.89. The highest BCUT2D eigenvalue weighted by Crippen LogP contribution is 2.24. The van der Waals surface area contributed by atoms with E-state index in [2.05, 4.69) is 0 Å². The molecule has 2 rings (SSSR count). The Balaban J connectivity index is 2.16. The highest BCUT2D eigenvalue weighted by Gasteiger charge is 2.19. The highest BCUT2D eigenvalue weighted by molar-refractivity contribution is 5.98. The molecular weight excluding hydrogens is 306 g/mol. The second-order valence-electron chi connectivity index (χ2n) is 6.00. The lowest BCUT2D eigenvalue weighted by molar-refractivity contribution is -0.152. The number of ketones is 1. The first-order valence-corrected chi connectivity index (χ1v) is 7.71. The summed E-state index contributed by atoms with van der Waals surface area (Å²) < 4.78 is 5.07. The van der Waals surface area contributed by atoms with Gasteiger partial charge in [0.15, 0.2) is 12.4 Å². The molecule has 0 N–H and O–H groups in total. The zero-order valence-electron chi connectivity index (χ0n) is 14.3. The standard InChI is InChI=1S/C19H21NO4/c1-12(19(23)24-11-18(22)20(3)4)14-5-7-17-10-15(13(2)21)6-8-16(17)9-14/h5-10,12H,11H2,1-4H3. The average molecular weight is 327 g/mol. The minimum Gasteiger partial charge on any atom is -0.455 e. The summed E-state index contributed by atoms with van der Waals surface area (Å²) in [5.74, 6) is -1.16. The largest absolute Gasteiger partial charge is 0.455 e. The van der Waals surface area contributed by atoms with Crippen molar-refractivity contribution in [3.05, 3.63) is 47.5 Å². The lowest BCUT2D eigenvalue weighted by Crippen LogP contribution is -2.28. The predicted molar refractivity (Wildman–Crippen MR) is 92.0 cm³/mol. The SMILES string of the molecule is CC(=O)c1ccc2cc(C(C)C(=O)OCC(=O)N(C)C)ccc2c1. The average Bonchev–Trinajstić information content (AvgIpc) is 2.57. The summed E-state index contributed by atoms with van der Waals surface area (Å²) in [5.41, 5.74) is 1.46. The molecule has 5 nitrogen and oxygen atoms in total. The van der Waals surface area contributed by atoms with Gasteiger partial charge in [0.1, 0.15) is 0 Å². The van der Waals surface area contributed by atoms with Gasteiger partial charge in [0, 0.05) is 19.7 Å². The zero-order chi connectivity index (χ0) is 17.9. The zero-order valence-corrected chi connectivity index (χ0v) is 14.3. The molecule has 2 aromatic carbocycles. The molecule has 0 bridgehead atoms. The lowest BCUT2D eigenvalue weighted by atomic mass is 9.96. The molecule has 0 aliphatic carbocycles. The van der Waals surface area contributed by atoms with Crippen LogP contribution in [0.1, 0.15) is 35.7 Å². The van der Waals surface area contributed by atoms with E-state index in [1.165, 1.54) is 11.8 Å². The van der Waals surface area contributed by atoms with E-state index >= 15 is 0 Å². The number of fused-ring (bicyclic) bond motifs is 1. The van der Waals surface area contributed by atoms with Gasteiger partial charge in [0.05, 0.1) is 5.92 Å². The number of benzene rings is 2. The Morgan fingerprint density at radius 2 is 1.67 bits per heavy atom. The molecule has 126 valence electrons. The number of hydrogen-bond acceptors (Lipinski definition) is 4. The van der Waals surface area contributed by atoms with Gasteiger partial charge >= 0.3 is 5.97 Å². The maximum Gasteiger partial charge on any atom is 0.313 e. The van der Waals surface area contributed by atoms with Crippen molar-refractivity contribution < 1.29 is 19.1 Å². The number of ether oxygens (including phenoxy) is 1. The van der Waals surface area contributed by atoms with Gasteiger partial charge in [-0.2, -0.15) is 0 Å². The van der Waals surface area contributed by atoms with E-state index in [0.29, 0.717) is 5.56 Å². The Kier molecular flexibility index (Phi) is 5.34. The summed E-state index contributed by atoms with van der Waals surface area (Å²) in [6.07, 6.45) is 0. The summed E-state index contributed by atoms with van der Waals surface area (Å²) in [4.78, 5) is 36.4. The van der Waals surface area contributed by atoms with Crippen LogP contribution in [0.4, 0.5) is 0 Å². The van der Waals surface area contributed by atoms with Crippen LogP contribution in [-0.4, -0.2) is 43.3 Å². The van der Waals surface area contributed by atoms with Crippen molar-refractivity contribution in [2.75, 3.05) is 20.7 Å². The summed E-state index contributed by atoms with van der Waals surface area (Å²) in [6, 6.07) is 11.1. The van der Waals surface area contributed by atoms with Crippen molar-refractivity contribution >= 4 is 28.4 Å². The first-order chi connectivity index (χ1) is 11.3. The molecule has 0 saturated heterocycles. The molecule has 1 amide bonds. The molecule has 0 aliphatic heterocycles. The molecule has 0 aliphatic rings. The van der Waals surface area contributed by atoms with Crippen LogP contribution in [0.2, 0.25) is 0 Å². The van der Waals surface area contributed by atoms with Crippen LogP contribution in [0.3, 0.4) is 0 Å². The molecule has 0 radical (unpaired) electrons. The molecule has 0 heterocycles. The number of Topliss-reactive ketones (excluding diaryl/α,β-unsaturated/α-hetero) is 1. The van der Waals surface area contributed by atoms with Gasteiger partial charge in [-0.1, -0.05) is 30.3 Å². The van der Waals surface area contributed by atoms with Crippen LogP contribution in [0.25, 0.3) is 10.8 Å². The molecule has 0 spiro atoms. The molecule has 2 aromatic rings. The Hall–Kier alpha value is -2.69. The number of amides is 1. The fourth-order valence-electron chi connectivity index (χ4n) is 2.28. The van der Waals surface area contributed by atoms with Crippen molar-refractivity contribution in [3.8, 4) is 0 Å². The Morgan fingerprint density at radius 3 is 2.29 bits per heavy atom. The van der Waals surface area contributed by atoms with Gasteiger partial charge in [-0.25, -0.2) is 0 Å². The monoisotopic (exact) mass is 327 g/mol. The van der Waals surface area contributed by atoms with Gasteiger partial charge in [-0.3, -0.25) is 14.4 Å². The van der Waals surface area contributed by atoms with Crippen molar-refractivity contribution in [3.63, 3.8) is 0 Å². The Bertz CT molecular complexity index is 795. The maximum atomic E-state index is 12.1. The maximum absolute atomic E-state index is 12.1. The Labute approximate surface area is 141 Å². The molecule has 1 atom stereocenters. The Morgan fingerprint density at radius 1 is 1.04 bits per heavy atom. The van der Waals surface area contributed by atoms with Crippen molar-refractivity contribution in [1.82, 2.24) is 4.90 Å². The fraction of sp³-hybridized carbons (Fsp3) is 0.316. The predicted octanol–water partition coefficient (Wildman–Crippen LogP) is 2.78. The van der Waals surface area contributed by atoms with E-state index < -0.39 is 11.9 Å². The first kappa shape index (κ1) is 17.7. The van der Waals surface area contributed by atoms with E-state index in [4.69, 9.17) is 4.74 Å². The van der Waals surface area contributed by atoms with Crippen LogP contribution in [-0.2, 0) is 14.3 Å². The normalized spacial score (nSPS) is 11.8. The highest BCUT2D eigenvalue weighted by atomic mass is 16.5. The summed E-state index contributed by atoms with van der Waals surface area (Å²) >= 11 is 0. The van der Waals surface area contributed by atoms with Gasteiger partial charge in [0.2, 0.25) is 0 Å². The van der Waals surface area contributed by atoms with Crippen molar-refractivity contribution in [2.24, 2.45) is 0 Å². The second kappa shape index (κ2) is 7.25. The molecule has 5 heteroatoms. The van der Waals surface area contributed by atoms with Gasteiger partial charge in [-0.15, -0.1) is 0 Å². The number of hydrogen-bond donors (Lipinski definition) is 0. The minimum atomic E-state index is -0.475. The van der Waals surface area contributed by atoms with Crippen molar-refractivity contribution in [1.29, 1.82) is 0 Å².